The first kappa shape index (κ1) is 24.3. The average Bonchev–Trinajstić information content (AvgIpc) is 2.75. The number of hydrogen-bond donors (Lipinski definition) is 2. The van der Waals surface area contributed by atoms with Crippen molar-refractivity contribution < 1.29 is 14.6 Å². The number of ether oxygens (including phenoxy) is 1. The fraction of sp³-hybridized carbons (Fsp3) is 0.400. The van der Waals surface area contributed by atoms with Gasteiger partial charge in [-0.2, -0.15) is 0 Å². The molecule has 0 unspecified atom stereocenters. The quantitative estimate of drug-likeness (QED) is 0.462. The van der Waals surface area contributed by atoms with Crippen molar-refractivity contribution in [1.29, 1.82) is 0 Å². The van der Waals surface area contributed by atoms with Crippen molar-refractivity contribution in [2.45, 2.75) is 53.5 Å². The summed E-state index contributed by atoms with van der Waals surface area (Å²) in [6.07, 6.45) is 3.12. The van der Waals surface area contributed by atoms with E-state index in [9.17, 15) is 9.90 Å². The smallest absolute Gasteiger partial charge is 0.356 e. The van der Waals surface area contributed by atoms with Crippen LogP contribution in [0.4, 0.5) is 5.69 Å². The Morgan fingerprint density at radius 1 is 1.10 bits per heavy atom. The lowest BCUT2D eigenvalue weighted by Crippen LogP contribution is -2.10. The molecule has 0 bridgehead atoms. The van der Waals surface area contributed by atoms with E-state index in [0.29, 0.717) is 18.7 Å². The normalized spacial score (nSPS) is 10.5. The van der Waals surface area contributed by atoms with Gasteiger partial charge >= 0.3 is 5.97 Å². The van der Waals surface area contributed by atoms with Crippen LogP contribution < -0.4 is 5.32 Å². The second-order valence-electron chi connectivity index (χ2n) is 7.50. The number of anilines is 1. The summed E-state index contributed by atoms with van der Waals surface area (Å²) in [6.45, 7) is 9.54. The van der Waals surface area contributed by atoms with Crippen LogP contribution in [-0.4, -0.2) is 34.8 Å². The summed E-state index contributed by atoms with van der Waals surface area (Å²) in [6, 6.07) is 11.8. The summed E-state index contributed by atoms with van der Waals surface area (Å²) in [5.74, 6) is -1.02. The van der Waals surface area contributed by atoms with Crippen LogP contribution in [0.3, 0.4) is 0 Å². The molecule has 0 radical (unpaired) electrons. The van der Waals surface area contributed by atoms with Crippen molar-refractivity contribution >= 4 is 22.6 Å². The Bertz CT molecular complexity index is 1010. The molecule has 166 valence electrons. The van der Waals surface area contributed by atoms with E-state index < -0.39 is 5.97 Å². The van der Waals surface area contributed by atoms with E-state index in [1.807, 2.05) is 32.9 Å². The Morgan fingerprint density at radius 2 is 1.87 bits per heavy atom. The molecule has 0 spiro atoms. The molecule has 0 atom stereocenters. The Labute approximate surface area is 184 Å². The zero-order valence-corrected chi connectivity index (χ0v) is 19.2. The molecule has 6 nitrogen and oxygen atoms in total. The molecule has 2 aromatic heterocycles. The Kier molecular flexibility index (Phi) is 9.40. The fourth-order valence-corrected chi connectivity index (χ4v) is 3.20. The number of aromatic carboxylic acids is 1. The molecule has 1 aromatic carbocycles. The summed E-state index contributed by atoms with van der Waals surface area (Å²) in [4.78, 5) is 20.3. The van der Waals surface area contributed by atoms with Crippen molar-refractivity contribution in [2.24, 2.45) is 0 Å². The zero-order chi connectivity index (χ0) is 22.8. The number of carboxylic acids is 1. The number of fused-ring (bicyclic) bond motifs is 1. The van der Waals surface area contributed by atoms with Gasteiger partial charge in [0.05, 0.1) is 11.2 Å². The second-order valence-corrected chi connectivity index (χ2v) is 7.50. The van der Waals surface area contributed by atoms with Crippen LogP contribution in [0.5, 0.6) is 0 Å². The molecule has 3 aromatic rings. The number of nitrogens with zero attached hydrogens (tertiary/aromatic N) is 2. The van der Waals surface area contributed by atoms with Crippen molar-refractivity contribution in [3.05, 3.63) is 64.6 Å². The van der Waals surface area contributed by atoms with E-state index >= 15 is 0 Å². The number of unbranched alkanes of at least 4 members (excludes halogenated alkanes) is 1. The average molecular weight is 424 g/mol. The summed E-state index contributed by atoms with van der Waals surface area (Å²) >= 11 is 0. The Morgan fingerprint density at radius 3 is 2.48 bits per heavy atom. The lowest BCUT2D eigenvalue weighted by atomic mass is 10.0. The number of methoxy groups -OCH3 is 1. The van der Waals surface area contributed by atoms with E-state index in [-0.39, 0.29) is 5.69 Å². The molecule has 0 aliphatic rings. The third-order valence-electron chi connectivity index (χ3n) is 4.87. The van der Waals surface area contributed by atoms with Gasteiger partial charge in [0.25, 0.3) is 0 Å². The standard InChI is InChI=1S/C20H21N3O2.C5H12O/c1-4-15-6-8-17(19(23-15)20(24)25)21-11-14-9-12(2)10-18-16(14)7-5-13(3)22-18;1-3-4-5-6-2/h5-10,21H,4,11H2,1-3H3,(H,24,25);3-5H2,1-2H3. The molecule has 0 aliphatic heterocycles. The first-order chi connectivity index (χ1) is 14.9. The van der Waals surface area contributed by atoms with Crippen LogP contribution in [0.1, 0.15) is 59.7 Å². The predicted octanol–water partition coefficient (Wildman–Crippen LogP) is 5.55. The maximum absolute atomic E-state index is 11.5. The monoisotopic (exact) mass is 423 g/mol. The Balaban J connectivity index is 0.000000501. The maximum atomic E-state index is 11.5. The van der Waals surface area contributed by atoms with Crippen molar-refractivity contribution in [1.82, 2.24) is 9.97 Å². The fourth-order valence-electron chi connectivity index (χ4n) is 3.20. The van der Waals surface area contributed by atoms with Gasteiger partial charge in [-0.15, -0.1) is 0 Å². The summed E-state index contributed by atoms with van der Waals surface area (Å²) in [5.41, 5.74) is 5.49. The van der Waals surface area contributed by atoms with Gasteiger partial charge in [0.1, 0.15) is 0 Å². The number of nitrogens with one attached hydrogen (secondary N) is 1. The highest BCUT2D eigenvalue weighted by atomic mass is 16.5. The SMILES string of the molecule is CCCCOC.CCc1ccc(NCc2cc(C)cc3nc(C)ccc23)c(C(=O)O)n1. The van der Waals surface area contributed by atoms with Crippen LogP contribution in [0.15, 0.2) is 36.4 Å². The van der Waals surface area contributed by atoms with Crippen LogP contribution in [0.2, 0.25) is 0 Å². The lowest BCUT2D eigenvalue weighted by molar-refractivity contribution is 0.0691. The second kappa shape index (κ2) is 12.0. The molecule has 0 amide bonds. The van der Waals surface area contributed by atoms with Gasteiger partial charge in [0.2, 0.25) is 0 Å². The highest BCUT2D eigenvalue weighted by Crippen LogP contribution is 2.22. The maximum Gasteiger partial charge on any atom is 0.356 e. The predicted molar refractivity (Wildman–Crippen MR) is 126 cm³/mol. The van der Waals surface area contributed by atoms with E-state index in [1.165, 1.54) is 12.8 Å². The van der Waals surface area contributed by atoms with Crippen LogP contribution in [-0.2, 0) is 17.7 Å². The van der Waals surface area contributed by atoms with Gasteiger partial charge in [-0.25, -0.2) is 9.78 Å². The lowest BCUT2D eigenvalue weighted by Gasteiger charge is -2.13. The third-order valence-corrected chi connectivity index (χ3v) is 4.87. The van der Waals surface area contributed by atoms with Crippen molar-refractivity contribution in [2.75, 3.05) is 19.0 Å². The van der Waals surface area contributed by atoms with Crippen LogP contribution in [0.25, 0.3) is 10.9 Å². The third kappa shape index (κ3) is 7.03. The number of carboxylic acid groups (broad SMARTS) is 1. The number of benzene rings is 1. The molecule has 6 heteroatoms. The summed E-state index contributed by atoms with van der Waals surface area (Å²) in [5, 5.41) is 13.7. The van der Waals surface area contributed by atoms with Crippen molar-refractivity contribution in [3.63, 3.8) is 0 Å². The first-order valence-electron chi connectivity index (χ1n) is 10.7. The minimum Gasteiger partial charge on any atom is -0.476 e. The molecular weight excluding hydrogens is 390 g/mol. The topological polar surface area (TPSA) is 84.3 Å². The zero-order valence-electron chi connectivity index (χ0n) is 19.2. The van der Waals surface area contributed by atoms with Gasteiger partial charge in [-0.05, 0) is 62.1 Å². The Hall–Kier alpha value is -2.99. The molecule has 0 fully saturated rings. The number of aromatic nitrogens is 2. The van der Waals surface area contributed by atoms with Gasteiger partial charge in [0.15, 0.2) is 5.69 Å². The highest BCUT2D eigenvalue weighted by Gasteiger charge is 2.13. The number of aryl methyl sites for hydroxylation is 3. The van der Waals surface area contributed by atoms with E-state index in [2.05, 4.69) is 40.4 Å². The number of hydrogen-bond acceptors (Lipinski definition) is 5. The highest BCUT2D eigenvalue weighted by molar-refractivity contribution is 5.92. The molecule has 2 heterocycles. The summed E-state index contributed by atoms with van der Waals surface area (Å²) < 4.78 is 4.78. The van der Waals surface area contributed by atoms with Gasteiger partial charge < -0.3 is 15.2 Å². The van der Waals surface area contributed by atoms with E-state index in [4.69, 9.17) is 4.74 Å². The van der Waals surface area contributed by atoms with Crippen LogP contribution in [0, 0.1) is 13.8 Å². The van der Waals surface area contributed by atoms with E-state index in [1.54, 1.807) is 13.2 Å². The molecule has 2 N–H and O–H groups in total. The van der Waals surface area contributed by atoms with Crippen LogP contribution >= 0.6 is 0 Å². The molecule has 31 heavy (non-hydrogen) atoms. The first-order valence-corrected chi connectivity index (χ1v) is 10.7. The molecular formula is C25H33N3O3. The number of pyridine rings is 2. The van der Waals surface area contributed by atoms with E-state index in [0.717, 1.165) is 40.0 Å². The van der Waals surface area contributed by atoms with Gasteiger partial charge in [0, 0.05) is 37.0 Å². The summed E-state index contributed by atoms with van der Waals surface area (Å²) in [7, 11) is 1.73. The van der Waals surface area contributed by atoms with Crippen molar-refractivity contribution in [3.8, 4) is 0 Å². The molecule has 0 saturated heterocycles. The molecule has 0 saturated carbocycles. The minimum absolute atomic E-state index is 0.0604. The number of carbonyl (C=O) groups is 1. The van der Waals surface area contributed by atoms with Gasteiger partial charge in [-0.3, -0.25) is 4.98 Å². The minimum atomic E-state index is -1.02. The molecule has 0 aliphatic carbocycles. The van der Waals surface area contributed by atoms with Gasteiger partial charge in [-0.1, -0.05) is 32.4 Å². The largest absolute Gasteiger partial charge is 0.476 e. The number of rotatable bonds is 8. The molecule has 3 rings (SSSR count).